The largest absolute Gasteiger partial charge is 0.321 e. The van der Waals surface area contributed by atoms with Gasteiger partial charge in [0.25, 0.3) is 5.56 Å². The Hall–Kier alpha value is -4.32. The molecular formula is C24H17N5O. The number of hydrogen-bond acceptors (Lipinski definition) is 5. The number of benzene rings is 3. The lowest BCUT2D eigenvalue weighted by atomic mass is 10.1. The van der Waals surface area contributed by atoms with E-state index in [4.69, 9.17) is 0 Å². The summed E-state index contributed by atoms with van der Waals surface area (Å²) in [5.74, 6) is 0.362. The van der Waals surface area contributed by atoms with E-state index in [0.717, 1.165) is 33.1 Å². The highest BCUT2D eigenvalue weighted by Gasteiger charge is 2.09. The molecule has 0 aliphatic rings. The first-order chi connectivity index (χ1) is 14.8. The van der Waals surface area contributed by atoms with Gasteiger partial charge in [0, 0.05) is 16.5 Å². The van der Waals surface area contributed by atoms with Crippen LogP contribution in [0.4, 0.5) is 5.95 Å². The van der Waals surface area contributed by atoms with Crippen molar-refractivity contribution in [1.82, 2.24) is 15.0 Å². The van der Waals surface area contributed by atoms with E-state index in [0.29, 0.717) is 11.5 Å². The summed E-state index contributed by atoms with van der Waals surface area (Å²) in [6.07, 6.45) is 1.48. The standard InChI is InChI=1S/C24H17N5O/c30-23-18(14-17-10-4-6-12-20(17)26-23)15-25-29-24-27-21-13-7-5-11-19(21)22(28-24)16-8-2-1-3-9-16/h1-15H,(H,26,30)(H,27,28,29)/b25-15+. The van der Waals surface area contributed by atoms with Crippen LogP contribution in [0.1, 0.15) is 5.56 Å². The van der Waals surface area contributed by atoms with Gasteiger partial charge in [0.2, 0.25) is 5.95 Å². The quantitative estimate of drug-likeness (QED) is 0.347. The zero-order valence-corrected chi connectivity index (χ0v) is 15.9. The fourth-order valence-corrected chi connectivity index (χ4v) is 3.36. The molecule has 0 aliphatic heterocycles. The molecule has 0 spiro atoms. The van der Waals surface area contributed by atoms with Crippen molar-refractivity contribution in [3.8, 4) is 11.3 Å². The number of hydrazone groups is 1. The van der Waals surface area contributed by atoms with Gasteiger partial charge >= 0.3 is 0 Å². The molecule has 0 atom stereocenters. The molecule has 2 aromatic heterocycles. The Bertz CT molecular complexity index is 1440. The van der Waals surface area contributed by atoms with Crippen molar-refractivity contribution in [3.63, 3.8) is 0 Å². The maximum Gasteiger partial charge on any atom is 0.257 e. The Morgan fingerprint density at radius 3 is 2.53 bits per heavy atom. The number of aromatic amines is 1. The van der Waals surface area contributed by atoms with Crippen molar-refractivity contribution in [2.24, 2.45) is 5.10 Å². The second kappa shape index (κ2) is 7.60. The molecule has 3 aromatic carbocycles. The van der Waals surface area contributed by atoms with Crippen LogP contribution in [0.5, 0.6) is 0 Å². The SMILES string of the molecule is O=c1[nH]c2ccccc2cc1/C=N/Nc1nc(-c2ccccc2)c2ccccc2n1. The van der Waals surface area contributed by atoms with Crippen LogP contribution in [0.25, 0.3) is 33.1 Å². The third-order valence-electron chi connectivity index (χ3n) is 4.80. The smallest absolute Gasteiger partial charge is 0.257 e. The topological polar surface area (TPSA) is 83.0 Å². The zero-order valence-electron chi connectivity index (χ0n) is 15.9. The number of aromatic nitrogens is 3. The van der Waals surface area contributed by atoms with Crippen LogP contribution in [-0.4, -0.2) is 21.2 Å². The maximum absolute atomic E-state index is 12.3. The fraction of sp³-hybridized carbons (Fsp3) is 0. The lowest BCUT2D eigenvalue weighted by Gasteiger charge is -2.08. The van der Waals surface area contributed by atoms with E-state index in [2.05, 4.69) is 25.5 Å². The highest BCUT2D eigenvalue weighted by Crippen LogP contribution is 2.26. The molecule has 0 saturated carbocycles. The number of H-pyrrole nitrogens is 1. The third kappa shape index (κ3) is 3.42. The molecule has 0 unspecified atom stereocenters. The number of fused-ring (bicyclic) bond motifs is 2. The Kier molecular flexibility index (Phi) is 4.50. The predicted octanol–water partition coefficient (Wildman–Crippen LogP) is 4.58. The van der Waals surface area contributed by atoms with Gasteiger partial charge in [0.15, 0.2) is 0 Å². The first-order valence-electron chi connectivity index (χ1n) is 9.51. The van der Waals surface area contributed by atoms with Crippen LogP contribution in [0.15, 0.2) is 94.8 Å². The molecule has 0 fully saturated rings. The van der Waals surface area contributed by atoms with E-state index in [1.165, 1.54) is 6.21 Å². The maximum atomic E-state index is 12.3. The molecule has 5 aromatic rings. The Morgan fingerprint density at radius 1 is 0.867 bits per heavy atom. The minimum atomic E-state index is -0.205. The van der Waals surface area contributed by atoms with Gasteiger partial charge in [-0.25, -0.2) is 15.4 Å². The second-order valence-corrected chi connectivity index (χ2v) is 6.79. The van der Waals surface area contributed by atoms with Crippen molar-refractivity contribution in [2.75, 3.05) is 5.43 Å². The number of nitrogens with one attached hydrogen (secondary N) is 2. The molecular weight excluding hydrogens is 374 g/mol. The van der Waals surface area contributed by atoms with Gasteiger partial charge < -0.3 is 4.98 Å². The minimum absolute atomic E-state index is 0.205. The Morgan fingerprint density at radius 2 is 1.63 bits per heavy atom. The van der Waals surface area contributed by atoms with E-state index < -0.39 is 0 Å². The van der Waals surface area contributed by atoms with Crippen LogP contribution < -0.4 is 11.0 Å². The van der Waals surface area contributed by atoms with E-state index in [9.17, 15) is 4.79 Å². The van der Waals surface area contributed by atoms with Gasteiger partial charge in [-0.2, -0.15) is 5.10 Å². The highest BCUT2D eigenvalue weighted by molar-refractivity contribution is 5.93. The van der Waals surface area contributed by atoms with Crippen molar-refractivity contribution in [2.45, 2.75) is 0 Å². The molecule has 6 heteroatoms. The van der Waals surface area contributed by atoms with E-state index >= 15 is 0 Å². The van der Waals surface area contributed by atoms with Crippen molar-refractivity contribution in [1.29, 1.82) is 0 Å². The summed E-state index contributed by atoms with van der Waals surface area (Å²) in [7, 11) is 0. The van der Waals surface area contributed by atoms with Gasteiger partial charge in [-0.15, -0.1) is 0 Å². The fourth-order valence-electron chi connectivity index (χ4n) is 3.36. The van der Waals surface area contributed by atoms with Crippen LogP contribution in [0, 0.1) is 0 Å². The summed E-state index contributed by atoms with van der Waals surface area (Å²) in [4.78, 5) is 24.3. The van der Waals surface area contributed by atoms with Gasteiger partial charge in [0.1, 0.15) is 0 Å². The summed E-state index contributed by atoms with van der Waals surface area (Å²) in [6.45, 7) is 0. The van der Waals surface area contributed by atoms with Crippen LogP contribution >= 0.6 is 0 Å². The van der Waals surface area contributed by atoms with Crippen molar-refractivity contribution in [3.05, 3.63) is 101 Å². The van der Waals surface area contributed by atoms with Crippen molar-refractivity contribution >= 4 is 34.0 Å². The molecule has 0 amide bonds. The molecule has 30 heavy (non-hydrogen) atoms. The van der Waals surface area contributed by atoms with Gasteiger partial charge in [0.05, 0.1) is 23.0 Å². The Labute approximate surface area is 172 Å². The molecule has 2 heterocycles. The summed E-state index contributed by atoms with van der Waals surface area (Å²) in [5, 5.41) is 6.10. The summed E-state index contributed by atoms with van der Waals surface area (Å²) in [6, 6.07) is 27.2. The number of hydrogen-bond donors (Lipinski definition) is 2. The predicted molar refractivity (Wildman–Crippen MR) is 121 cm³/mol. The summed E-state index contributed by atoms with van der Waals surface area (Å²) >= 11 is 0. The number of rotatable bonds is 4. The highest BCUT2D eigenvalue weighted by atomic mass is 16.1. The van der Waals surface area contributed by atoms with E-state index in [1.807, 2.05) is 78.9 Å². The molecule has 144 valence electrons. The summed E-state index contributed by atoms with van der Waals surface area (Å²) in [5.41, 5.74) is 6.53. The number of pyridine rings is 1. The van der Waals surface area contributed by atoms with Crippen LogP contribution in [0.3, 0.4) is 0 Å². The zero-order chi connectivity index (χ0) is 20.3. The molecule has 0 aliphatic carbocycles. The average molecular weight is 391 g/mol. The number of para-hydroxylation sites is 2. The number of nitrogens with zero attached hydrogens (tertiary/aromatic N) is 3. The average Bonchev–Trinajstić information content (AvgIpc) is 2.79. The van der Waals surface area contributed by atoms with Gasteiger partial charge in [-0.05, 0) is 23.6 Å². The van der Waals surface area contributed by atoms with E-state index in [-0.39, 0.29) is 5.56 Å². The lowest BCUT2D eigenvalue weighted by Crippen LogP contribution is -2.12. The monoisotopic (exact) mass is 391 g/mol. The Balaban J connectivity index is 1.50. The molecule has 0 radical (unpaired) electrons. The van der Waals surface area contributed by atoms with Crippen LogP contribution in [0.2, 0.25) is 0 Å². The number of anilines is 1. The molecule has 5 rings (SSSR count). The van der Waals surface area contributed by atoms with Gasteiger partial charge in [-0.3, -0.25) is 4.79 Å². The lowest BCUT2D eigenvalue weighted by molar-refractivity contribution is 1.15. The first-order valence-corrected chi connectivity index (χ1v) is 9.51. The molecule has 6 nitrogen and oxygen atoms in total. The molecule has 0 saturated heterocycles. The minimum Gasteiger partial charge on any atom is -0.321 e. The summed E-state index contributed by atoms with van der Waals surface area (Å²) < 4.78 is 0. The van der Waals surface area contributed by atoms with Crippen molar-refractivity contribution < 1.29 is 0 Å². The van der Waals surface area contributed by atoms with Crippen LogP contribution in [-0.2, 0) is 0 Å². The normalized spacial score (nSPS) is 11.3. The van der Waals surface area contributed by atoms with Gasteiger partial charge in [-0.1, -0.05) is 66.7 Å². The van der Waals surface area contributed by atoms with E-state index in [1.54, 1.807) is 6.07 Å². The molecule has 2 N–H and O–H groups in total. The second-order valence-electron chi connectivity index (χ2n) is 6.79. The third-order valence-corrected chi connectivity index (χ3v) is 4.80. The first kappa shape index (κ1) is 17.8. The molecule has 0 bridgehead atoms.